The van der Waals surface area contributed by atoms with Gasteiger partial charge in [-0.05, 0) is 0 Å². The highest BCUT2D eigenvalue weighted by Gasteiger charge is 2.12. The van der Waals surface area contributed by atoms with Gasteiger partial charge in [0.15, 0.2) is 0 Å². The molecule has 0 spiro atoms. The Balaban J connectivity index is 2.95. The van der Waals surface area contributed by atoms with Gasteiger partial charge in [0, 0.05) is 0 Å². The Morgan fingerprint density at radius 2 is 2.67 bits per heavy atom. The summed E-state index contributed by atoms with van der Waals surface area (Å²) in [6, 6.07) is 0.630. The molecule has 3 nitrogen and oxygen atoms in total. The van der Waals surface area contributed by atoms with E-state index in [0.29, 0.717) is 11.9 Å². The van der Waals surface area contributed by atoms with E-state index in [-0.39, 0.29) is 0 Å². The van der Waals surface area contributed by atoms with E-state index in [1.807, 2.05) is 0 Å². The number of imidazole rings is 1. The molecule has 0 unspecified atom stereocenters. The quantitative estimate of drug-likeness (QED) is 0.503. The molecule has 0 aliphatic carbocycles. The van der Waals surface area contributed by atoms with E-state index in [9.17, 15) is 0 Å². The van der Waals surface area contributed by atoms with Gasteiger partial charge >= 0.3 is 6.01 Å². The molecule has 1 aromatic heterocycles. The summed E-state index contributed by atoms with van der Waals surface area (Å²) in [5.74, 6) is 0.699. The lowest BCUT2D eigenvalue weighted by Crippen LogP contribution is -1.90. The molecule has 0 amide bonds. The maximum Gasteiger partial charge on any atom is 0.304 e. The standard InChI is InChI=1S/C3H2N2O/c1-2-5-3(4-1)6-2/h1H,(H,4,5). The first kappa shape index (κ1) is 2.23. The minimum absolute atomic E-state index is 0.630. The van der Waals surface area contributed by atoms with E-state index in [1.165, 1.54) is 0 Å². The molecule has 2 aliphatic heterocycles. The summed E-state index contributed by atoms with van der Waals surface area (Å²) in [6.45, 7) is 0. The van der Waals surface area contributed by atoms with E-state index in [2.05, 4.69) is 9.97 Å². The normalized spacial score (nSPS) is 12.7. The van der Waals surface area contributed by atoms with Crippen molar-refractivity contribution in [1.29, 1.82) is 0 Å². The van der Waals surface area contributed by atoms with Crippen molar-refractivity contribution in [3.05, 3.63) is 6.20 Å². The number of nitrogens with one attached hydrogen (secondary N) is 1. The number of rotatable bonds is 0. The van der Waals surface area contributed by atoms with E-state index < -0.39 is 0 Å². The number of H-pyrrole nitrogens is 1. The summed E-state index contributed by atoms with van der Waals surface area (Å²) >= 11 is 0. The van der Waals surface area contributed by atoms with Gasteiger partial charge in [-0.3, -0.25) is 0 Å². The van der Waals surface area contributed by atoms with Crippen LogP contribution in [0.5, 0.6) is 11.9 Å². The van der Waals surface area contributed by atoms with Crippen molar-refractivity contribution in [2.75, 3.05) is 0 Å². The molecule has 3 rings (SSSR count). The Labute approximate surface area is 34.0 Å². The number of fused-ring (bicyclic) bond motifs is 1. The highest BCUT2D eigenvalue weighted by atomic mass is 16.5. The fourth-order valence-electron chi connectivity index (χ4n) is 0.453. The largest absolute Gasteiger partial charge is 0.405 e. The zero-order valence-corrected chi connectivity index (χ0v) is 2.93. The number of aromatic nitrogens is 2. The summed E-state index contributed by atoms with van der Waals surface area (Å²) in [5.41, 5.74) is 0. The number of hydrogen-bond acceptors (Lipinski definition) is 2. The Kier molecular flexibility index (Phi) is 0.166. The Hall–Kier alpha value is -0.990. The van der Waals surface area contributed by atoms with Crippen LogP contribution >= 0.6 is 0 Å². The topological polar surface area (TPSA) is 37.9 Å². The summed E-state index contributed by atoms with van der Waals surface area (Å²) in [7, 11) is 0. The Bertz CT molecular complexity index is 145. The predicted octanol–water partition coefficient (Wildman–Crippen LogP) is 0.515. The van der Waals surface area contributed by atoms with E-state index >= 15 is 0 Å². The molecular weight excluding hydrogens is 80.0 g/mol. The highest BCUT2D eigenvalue weighted by Crippen LogP contribution is 2.26. The maximum absolute atomic E-state index is 4.75. The zero-order chi connectivity index (χ0) is 3.98. The summed E-state index contributed by atoms with van der Waals surface area (Å²) in [5, 5.41) is 0. The first-order valence-corrected chi connectivity index (χ1v) is 1.68. The molecule has 0 radical (unpaired) electrons. The molecule has 0 saturated heterocycles. The van der Waals surface area contributed by atoms with Crippen LogP contribution in [0.25, 0.3) is 0 Å². The number of ether oxygens (including phenoxy) is 1. The average molecular weight is 82.1 g/mol. The molecule has 2 bridgehead atoms. The van der Waals surface area contributed by atoms with Crippen LogP contribution < -0.4 is 4.74 Å². The van der Waals surface area contributed by atoms with Gasteiger partial charge < -0.3 is 9.72 Å². The van der Waals surface area contributed by atoms with Gasteiger partial charge in [0.05, 0.1) is 6.20 Å². The van der Waals surface area contributed by atoms with Crippen LogP contribution in [0.2, 0.25) is 0 Å². The molecule has 0 aromatic carbocycles. The van der Waals surface area contributed by atoms with Crippen LogP contribution in [0.4, 0.5) is 0 Å². The van der Waals surface area contributed by atoms with Crippen LogP contribution in [0.15, 0.2) is 6.20 Å². The number of hydrogen-bond donors (Lipinski definition) is 1. The van der Waals surface area contributed by atoms with Crippen LogP contribution in [0.3, 0.4) is 0 Å². The number of nitrogens with zero attached hydrogens (tertiary/aromatic N) is 1. The van der Waals surface area contributed by atoms with Crippen molar-refractivity contribution in [1.82, 2.24) is 9.97 Å². The second-order valence-electron chi connectivity index (χ2n) is 1.15. The maximum atomic E-state index is 4.75. The second-order valence-corrected chi connectivity index (χ2v) is 1.15. The molecule has 1 N–H and O–H groups in total. The van der Waals surface area contributed by atoms with E-state index in [4.69, 9.17) is 4.74 Å². The van der Waals surface area contributed by atoms with Crippen LogP contribution in [0.1, 0.15) is 0 Å². The first-order chi connectivity index (χ1) is 2.95. The molecule has 0 atom stereocenters. The molecule has 30 valence electrons. The Morgan fingerprint density at radius 3 is 2.83 bits per heavy atom. The van der Waals surface area contributed by atoms with Crippen molar-refractivity contribution < 1.29 is 4.74 Å². The third kappa shape index (κ3) is 0.0843. The summed E-state index contributed by atoms with van der Waals surface area (Å²) in [6.07, 6.45) is 1.72. The first-order valence-electron chi connectivity index (χ1n) is 1.68. The Morgan fingerprint density at radius 1 is 1.83 bits per heavy atom. The summed E-state index contributed by atoms with van der Waals surface area (Å²) in [4.78, 5) is 6.54. The predicted molar refractivity (Wildman–Crippen MR) is 18.7 cm³/mol. The van der Waals surface area contributed by atoms with Crippen molar-refractivity contribution >= 4 is 0 Å². The third-order valence-corrected chi connectivity index (χ3v) is 0.732. The fourth-order valence-corrected chi connectivity index (χ4v) is 0.453. The fraction of sp³-hybridized carbons (Fsp3) is 0. The monoisotopic (exact) mass is 82.0 g/mol. The van der Waals surface area contributed by atoms with Crippen molar-refractivity contribution in [3.8, 4) is 11.9 Å². The van der Waals surface area contributed by atoms with Crippen LogP contribution in [0, 0.1) is 0 Å². The third-order valence-electron chi connectivity index (χ3n) is 0.732. The molecule has 0 saturated carbocycles. The smallest absolute Gasteiger partial charge is 0.304 e. The lowest BCUT2D eigenvalue weighted by Gasteiger charge is -1.98. The molecule has 1 aromatic rings. The molecule has 3 heterocycles. The van der Waals surface area contributed by atoms with Crippen LogP contribution in [-0.4, -0.2) is 9.97 Å². The van der Waals surface area contributed by atoms with Gasteiger partial charge in [0.1, 0.15) is 0 Å². The van der Waals surface area contributed by atoms with Gasteiger partial charge in [0.2, 0.25) is 5.88 Å². The SMILES string of the molecule is c1[nH]c2nc1O2. The average Bonchev–Trinajstić information content (AvgIpc) is 1.72. The summed E-state index contributed by atoms with van der Waals surface area (Å²) < 4.78 is 4.75. The zero-order valence-electron chi connectivity index (χ0n) is 2.93. The van der Waals surface area contributed by atoms with Gasteiger partial charge in [-0.25, -0.2) is 0 Å². The lowest BCUT2D eigenvalue weighted by molar-refractivity contribution is 0.386. The van der Waals surface area contributed by atoms with Crippen LogP contribution in [-0.2, 0) is 0 Å². The van der Waals surface area contributed by atoms with Gasteiger partial charge in [0.25, 0.3) is 0 Å². The van der Waals surface area contributed by atoms with Gasteiger partial charge in [-0.15, -0.1) is 0 Å². The van der Waals surface area contributed by atoms with Crippen molar-refractivity contribution in [3.63, 3.8) is 0 Å². The van der Waals surface area contributed by atoms with Crippen molar-refractivity contribution in [2.24, 2.45) is 0 Å². The number of aromatic amines is 1. The van der Waals surface area contributed by atoms with Gasteiger partial charge in [-0.1, -0.05) is 0 Å². The molecule has 3 heteroatoms. The highest BCUT2D eigenvalue weighted by molar-refractivity contribution is 5.23. The second kappa shape index (κ2) is 0.448. The molecule has 2 aliphatic rings. The van der Waals surface area contributed by atoms with Gasteiger partial charge in [-0.2, -0.15) is 4.98 Å². The molecule has 0 fully saturated rings. The minimum Gasteiger partial charge on any atom is -0.405 e. The molecular formula is C3H2N2O. The lowest BCUT2D eigenvalue weighted by atomic mass is 10.8. The van der Waals surface area contributed by atoms with Crippen molar-refractivity contribution in [2.45, 2.75) is 0 Å². The van der Waals surface area contributed by atoms with E-state index in [1.54, 1.807) is 6.20 Å². The molecule has 6 heavy (non-hydrogen) atoms. The van der Waals surface area contributed by atoms with E-state index in [0.717, 1.165) is 0 Å². The minimum atomic E-state index is 0.630.